The van der Waals surface area contributed by atoms with Crippen molar-refractivity contribution in [3.8, 4) is 0 Å². The third-order valence-electron chi connectivity index (χ3n) is 5.30. The Balaban J connectivity index is 1.72. The fraction of sp³-hybridized carbons (Fsp3) is 0.833. The van der Waals surface area contributed by atoms with E-state index in [0.29, 0.717) is 35.5 Å². The largest absolute Gasteiger partial charge is 0.125 e. The van der Waals surface area contributed by atoms with Crippen LogP contribution in [0.15, 0.2) is 11.1 Å². The molecule has 0 nitrogen and oxygen atoms in total. The van der Waals surface area contributed by atoms with Crippen LogP contribution in [-0.2, 0) is 0 Å². The lowest BCUT2D eigenvalue weighted by Gasteiger charge is -2.25. The summed E-state index contributed by atoms with van der Waals surface area (Å²) in [6.07, 6.45) is 4.52. The SMILES string of the molecule is ClC1=C[C@H]2C[C@H]([C@@H]3C[C@@H]4[C@H]([C@H]32)C4(Cl)Cl)[C@H]1Cl. The van der Waals surface area contributed by atoms with Crippen LogP contribution in [0, 0.1) is 35.5 Å². The van der Waals surface area contributed by atoms with E-state index in [0.717, 1.165) is 11.5 Å². The Hall–Kier alpha value is 0.900. The molecule has 2 bridgehead atoms. The molecule has 16 heavy (non-hydrogen) atoms. The standard InChI is InChI=1S/C12H12Cl4/c13-8-2-4-1-6(11(8)14)5-3-7-10(9(4)5)12(7,15)16/h2,4-7,9-11H,1,3H2/t4-,5+,6-,7-,9+,10-,11-/m1/s1. The number of fused-ring (bicyclic) bond motifs is 7. The number of hydrogen-bond acceptors (Lipinski definition) is 0. The number of rotatable bonds is 0. The van der Waals surface area contributed by atoms with E-state index in [1.165, 1.54) is 6.42 Å². The molecule has 4 rings (SSSR count). The molecule has 7 atom stereocenters. The number of hydrogen-bond donors (Lipinski definition) is 0. The van der Waals surface area contributed by atoms with E-state index >= 15 is 0 Å². The lowest BCUT2D eigenvalue weighted by atomic mass is 9.86. The first-order valence-electron chi connectivity index (χ1n) is 5.91. The molecule has 4 aliphatic carbocycles. The van der Waals surface area contributed by atoms with Crippen molar-refractivity contribution in [1.29, 1.82) is 0 Å². The van der Waals surface area contributed by atoms with Gasteiger partial charge in [-0.3, -0.25) is 0 Å². The highest BCUT2D eigenvalue weighted by Gasteiger charge is 2.75. The van der Waals surface area contributed by atoms with Gasteiger partial charge in [0, 0.05) is 11.0 Å². The summed E-state index contributed by atoms with van der Waals surface area (Å²) in [6.45, 7) is 0. The van der Waals surface area contributed by atoms with Gasteiger partial charge in [0.25, 0.3) is 0 Å². The summed E-state index contributed by atoms with van der Waals surface area (Å²) in [6, 6.07) is 0. The minimum absolute atomic E-state index is 0.0328. The fourth-order valence-corrected chi connectivity index (χ4v) is 6.27. The van der Waals surface area contributed by atoms with Crippen LogP contribution in [0.25, 0.3) is 0 Å². The Labute approximate surface area is 115 Å². The molecule has 0 aliphatic heterocycles. The highest BCUT2D eigenvalue weighted by atomic mass is 35.5. The second kappa shape index (κ2) is 3.07. The van der Waals surface area contributed by atoms with Gasteiger partial charge in [-0.2, -0.15) is 0 Å². The molecule has 0 radical (unpaired) electrons. The second-order valence-corrected chi connectivity index (χ2v) is 8.15. The van der Waals surface area contributed by atoms with Crippen molar-refractivity contribution in [2.75, 3.05) is 0 Å². The van der Waals surface area contributed by atoms with Gasteiger partial charge in [-0.1, -0.05) is 17.7 Å². The molecule has 88 valence electrons. The third-order valence-corrected chi connectivity index (χ3v) is 7.40. The van der Waals surface area contributed by atoms with Gasteiger partial charge >= 0.3 is 0 Å². The molecule has 0 heterocycles. The van der Waals surface area contributed by atoms with Crippen molar-refractivity contribution in [2.24, 2.45) is 35.5 Å². The highest BCUT2D eigenvalue weighted by molar-refractivity contribution is 6.51. The van der Waals surface area contributed by atoms with Gasteiger partial charge in [-0.05, 0) is 42.4 Å². The molecule has 0 N–H and O–H groups in total. The van der Waals surface area contributed by atoms with Gasteiger partial charge in [0.15, 0.2) is 0 Å². The summed E-state index contributed by atoms with van der Waals surface area (Å²) in [5, 5.41) is 0.884. The van der Waals surface area contributed by atoms with Crippen LogP contribution in [0.2, 0.25) is 0 Å². The van der Waals surface area contributed by atoms with E-state index in [1.807, 2.05) is 0 Å². The molecule has 3 saturated carbocycles. The van der Waals surface area contributed by atoms with Gasteiger partial charge in [-0.25, -0.2) is 0 Å². The average Bonchev–Trinajstić information content (AvgIpc) is 2.63. The summed E-state index contributed by atoms with van der Waals surface area (Å²) in [5.41, 5.74) is 0. The van der Waals surface area contributed by atoms with Gasteiger partial charge in [0.05, 0.1) is 5.38 Å². The molecule has 0 spiro atoms. The Morgan fingerprint density at radius 2 is 1.94 bits per heavy atom. The van der Waals surface area contributed by atoms with E-state index in [1.54, 1.807) is 0 Å². The molecule has 0 aromatic rings. The third kappa shape index (κ3) is 1.11. The number of halogens is 4. The summed E-state index contributed by atoms with van der Waals surface area (Å²) in [5.74, 6) is 3.50. The molecule has 0 aromatic heterocycles. The molecule has 0 unspecified atom stereocenters. The van der Waals surface area contributed by atoms with Gasteiger partial charge < -0.3 is 0 Å². The van der Waals surface area contributed by atoms with E-state index in [9.17, 15) is 0 Å². The highest BCUT2D eigenvalue weighted by Crippen LogP contribution is 2.76. The maximum absolute atomic E-state index is 6.39. The Morgan fingerprint density at radius 1 is 1.19 bits per heavy atom. The molecular weight excluding hydrogens is 286 g/mol. The maximum atomic E-state index is 6.39. The smallest absolute Gasteiger partial charge is 0.117 e. The van der Waals surface area contributed by atoms with Crippen molar-refractivity contribution in [2.45, 2.75) is 22.6 Å². The van der Waals surface area contributed by atoms with Gasteiger partial charge in [0.2, 0.25) is 0 Å². The first kappa shape index (κ1) is 10.8. The van der Waals surface area contributed by atoms with Gasteiger partial charge in [-0.15, -0.1) is 34.8 Å². The van der Waals surface area contributed by atoms with E-state index in [-0.39, 0.29) is 5.38 Å². The normalized spacial score (nSPS) is 60.2. The van der Waals surface area contributed by atoms with E-state index in [4.69, 9.17) is 46.4 Å². The molecule has 0 saturated heterocycles. The molecular formula is C12H12Cl4. The van der Waals surface area contributed by atoms with E-state index < -0.39 is 4.33 Å². The Kier molecular flexibility index (Phi) is 2.07. The summed E-state index contributed by atoms with van der Waals surface area (Å²) in [4.78, 5) is 0. The van der Waals surface area contributed by atoms with Crippen molar-refractivity contribution in [1.82, 2.24) is 0 Å². The summed E-state index contributed by atoms with van der Waals surface area (Å²) >= 11 is 25.2. The molecule has 0 amide bonds. The fourth-order valence-electron chi connectivity index (χ4n) is 4.67. The van der Waals surface area contributed by atoms with Crippen LogP contribution in [-0.4, -0.2) is 9.71 Å². The number of alkyl halides is 3. The zero-order chi connectivity index (χ0) is 11.2. The van der Waals surface area contributed by atoms with Crippen molar-refractivity contribution < 1.29 is 0 Å². The lowest BCUT2D eigenvalue weighted by molar-refractivity contribution is 0.309. The Morgan fingerprint density at radius 3 is 2.69 bits per heavy atom. The average molecular weight is 298 g/mol. The lowest BCUT2D eigenvalue weighted by Crippen LogP contribution is -2.23. The Bertz CT molecular complexity index is 388. The summed E-state index contributed by atoms with van der Waals surface area (Å²) in [7, 11) is 0. The zero-order valence-electron chi connectivity index (χ0n) is 8.54. The van der Waals surface area contributed by atoms with Crippen LogP contribution in [0.4, 0.5) is 0 Å². The van der Waals surface area contributed by atoms with Crippen LogP contribution in [0.3, 0.4) is 0 Å². The molecule has 4 heteroatoms. The van der Waals surface area contributed by atoms with Crippen LogP contribution >= 0.6 is 46.4 Å². The molecule has 0 aromatic carbocycles. The van der Waals surface area contributed by atoms with E-state index in [2.05, 4.69) is 6.08 Å². The first-order chi connectivity index (χ1) is 7.51. The number of allylic oxidation sites excluding steroid dienone is 2. The van der Waals surface area contributed by atoms with Crippen LogP contribution in [0.1, 0.15) is 12.8 Å². The quantitative estimate of drug-likeness (QED) is 0.581. The maximum Gasteiger partial charge on any atom is 0.125 e. The van der Waals surface area contributed by atoms with Crippen molar-refractivity contribution in [3.63, 3.8) is 0 Å². The van der Waals surface area contributed by atoms with Crippen LogP contribution < -0.4 is 0 Å². The van der Waals surface area contributed by atoms with Crippen molar-refractivity contribution >= 4 is 46.4 Å². The predicted octanol–water partition coefficient (Wildman–Crippen LogP) is 4.42. The topological polar surface area (TPSA) is 0 Å². The second-order valence-electron chi connectivity index (χ2n) is 5.80. The summed E-state index contributed by atoms with van der Waals surface area (Å²) < 4.78 is -0.444. The first-order valence-corrected chi connectivity index (χ1v) is 7.48. The van der Waals surface area contributed by atoms with Crippen LogP contribution in [0.5, 0.6) is 0 Å². The zero-order valence-corrected chi connectivity index (χ0v) is 11.6. The molecule has 3 fully saturated rings. The monoisotopic (exact) mass is 296 g/mol. The van der Waals surface area contributed by atoms with Gasteiger partial charge in [0.1, 0.15) is 4.33 Å². The van der Waals surface area contributed by atoms with Crippen molar-refractivity contribution in [3.05, 3.63) is 11.1 Å². The minimum Gasteiger partial charge on any atom is -0.117 e. The molecule has 4 aliphatic rings. The minimum atomic E-state index is -0.444. The predicted molar refractivity (Wildman–Crippen MR) is 68.2 cm³/mol.